The summed E-state index contributed by atoms with van der Waals surface area (Å²) in [5.41, 5.74) is 10.5. The maximum Gasteiger partial charge on any atom is 0.108 e. The fourth-order valence-corrected chi connectivity index (χ4v) is 2.73. The van der Waals surface area contributed by atoms with E-state index in [2.05, 4.69) is 39.1 Å². The van der Waals surface area contributed by atoms with Gasteiger partial charge in [0.1, 0.15) is 5.76 Å². The van der Waals surface area contributed by atoms with Crippen LogP contribution in [0.25, 0.3) is 0 Å². The second-order valence-corrected chi connectivity index (χ2v) is 6.30. The summed E-state index contributed by atoms with van der Waals surface area (Å²) in [6, 6.07) is 8.53. The van der Waals surface area contributed by atoms with E-state index in [9.17, 15) is 0 Å². The Balaban J connectivity index is 2.13. The minimum Gasteiger partial charge on any atom is -0.469 e. The van der Waals surface area contributed by atoms with Gasteiger partial charge in [0.15, 0.2) is 0 Å². The van der Waals surface area contributed by atoms with Gasteiger partial charge >= 0.3 is 0 Å². The zero-order valence-corrected chi connectivity index (χ0v) is 13.4. The molecule has 2 aromatic rings. The summed E-state index contributed by atoms with van der Waals surface area (Å²) in [6.07, 6.45) is 3.58. The number of hydrogen-bond acceptors (Lipinski definition) is 3. The molecular weight excluding hydrogens is 260 g/mol. The summed E-state index contributed by atoms with van der Waals surface area (Å²) in [7, 11) is 0. The third-order valence-corrected chi connectivity index (χ3v) is 3.66. The summed E-state index contributed by atoms with van der Waals surface area (Å²) < 4.78 is 5.40. The molecule has 114 valence electrons. The van der Waals surface area contributed by atoms with Crippen molar-refractivity contribution in [3.8, 4) is 0 Å². The standard InChI is InChI=1S/C18H26N2O/c1-12(2)8-14(4)20-18-11-17(19)15(9-13(18)3)10-16-6-5-7-21-16/h5-7,9,11-12,14,20H,8,10,19H2,1-4H3. The van der Waals surface area contributed by atoms with Crippen molar-refractivity contribution < 1.29 is 4.42 Å². The van der Waals surface area contributed by atoms with E-state index >= 15 is 0 Å². The second-order valence-electron chi connectivity index (χ2n) is 6.30. The summed E-state index contributed by atoms with van der Waals surface area (Å²) >= 11 is 0. The van der Waals surface area contributed by atoms with Crippen LogP contribution < -0.4 is 11.1 Å². The van der Waals surface area contributed by atoms with Crippen LogP contribution in [-0.4, -0.2) is 6.04 Å². The zero-order chi connectivity index (χ0) is 15.4. The molecule has 2 rings (SSSR count). The highest BCUT2D eigenvalue weighted by Gasteiger charge is 2.10. The lowest BCUT2D eigenvalue weighted by molar-refractivity contribution is 0.521. The van der Waals surface area contributed by atoms with E-state index in [0.717, 1.165) is 35.5 Å². The Morgan fingerprint density at radius 1 is 1.24 bits per heavy atom. The average Bonchev–Trinajstić information content (AvgIpc) is 2.87. The van der Waals surface area contributed by atoms with Crippen LogP contribution in [0.5, 0.6) is 0 Å². The number of rotatable bonds is 6. The van der Waals surface area contributed by atoms with Gasteiger partial charge in [-0.05, 0) is 55.5 Å². The lowest BCUT2D eigenvalue weighted by Crippen LogP contribution is -2.18. The molecule has 0 aliphatic heterocycles. The summed E-state index contributed by atoms with van der Waals surface area (Å²) in [5.74, 6) is 1.62. The zero-order valence-electron chi connectivity index (χ0n) is 13.4. The Morgan fingerprint density at radius 2 is 2.00 bits per heavy atom. The first-order chi connectivity index (χ1) is 9.95. The van der Waals surface area contributed by atoms with Gasteiger partial charge in [-0.2, -0.15) is 0 Å². The van der Waals surface area contributed by atoms with Crippen LogP contribution in [-0.2, 0) is 6.42 Å². The number of aryl methyl sites for hydroxylation is 1. The van der Waals surface area contributed by atoms with E-state index in [4.69, 9.17) is 10.2 Å². The fourth-order valence-electron chi connectivity index (χ4n) is 2.73. The maximum atomic E-state index is 6.20. The highest BCUT2D eigenvalue weighted by atomic mass is 16.3. The van der Waals surface area contributed by atoms with Crippen molar-refractivity contribution in [2.24, 2.45) is 5.92 Å². The predicted molar refractivity (Wildman–Crippen MR) is 89.6 cm³/mol. The highest BCUT2D eigenvalue weighted by molar-refractivity contribution is 5.64. The molecule has 1 heterocycles. The molecule has 0 spiro atoms. The van der Waals surface area contributed by atoms with Crippen molar-refractivity contribution in [2.45, 2.75) is 46.6 Å². The van der Waals surface area contributed by atoms with Gasteiger partial charge in [0, 0.05) is 23.8 Å². The molecule has 0 fully saturated rings. The molecule has 3 N–H and O–H groups in total. The van der Waals surface area contributed by atoms with E-state index in [0.29, 0.717) is 12.0 Å². The van der Waals surface area contributed by atoms with Gasteiger partial charge < -0.3 is 15.5 Å². The van der Waals surface area contributed by atoms with Crippen molar-refractivity contribution in [1.82, 2.24) is 0 Å². The number of nitrogens with one attached hydrogen (secondary N) is 1. The number of benzene rings is 1. The summed E-state index contributed by atoms with van der Waals surface area (Å²) in [4.78, 5) is 0. The Morgan fingerprint density at radius 3 is 2.62 bits per heavy atom. The lowest BCUT2D eigenvalue weighted by atomic mass is 10.0. The second kappa shape index (κ2) is 6.70. The van der Waals surface area contributed by atoms with Gasteiger partial charge in [-0.15, -0.1) is 0 Å². The maximum absolute atomic E-state index is 6.20. The first-order valence-corrected chi connectivity index (χ1v) is 7.63. The molecule has 1 unspecified atom stereocenters. The van der Waals surface area contributed by atoms with Gasteiger partial charge in [0.25, 0.3) is 0 Å². The normalized spacial score (nSPS) is 12.6. The van der Waals surface area contributed by atoms with Crippen LogP contribution in [0.15, 0.2) is 34.9 Å². The quantitative estimate of drug-likeness (QED) is 0.763. The lowest BCUT2D eigenvalue weighted by Gasteiger charge is -2.20. The number of hydrogen-bond donors (Lipinski definition) is 2. The average molecular weight is 286 g/mol. The van der Waals surface area contributed by atoms with Crippen molar-refractivity contribution >= 4 is 11.4 Å². The van der Waals surface area contributed by atoms with Crippen LogP contribution in [0.1, 0.15) is 44.1 Å². The van der Waals surface area contributed by atoms with Gasteiger partial charge in [-0.25, -0.2) is 0 Å². The molecule has 0 saturated carbocycles. The van der Waals surface area contributed by atoms with E-state index in [-0.39, 0.29) is 0 Å². The molecule has 21 heavy (non-hydrogen) atoms. The van der Waals surface area contributed by atoms with Gasteiger partial charge in [0.2, 0.25) is 0 Å². The van der Waals surface area contributed by atoms with Crippen molar-refractivity contribution in [2.75, 3.05) is 11.1 Å². The third kappa shape index (κ3) is 4.28. The van der Waals surface area contributed by atoms with Gasteiger partial charge in [0.05, 0.1) is 6.26 Å². The minimum absolute atomic E-state index is 0.444. The minimum atomic E-state index is 0.444. The molecule has 0 saturated heterocycles. The largest absolute Gasteiger partial charge is 0.469 e. The molecule has 0 radical (unpaired) electrons. The Labute approximate surface area is 127 Å². The predicted octanol–water partition coefficient (Wildman–Crippen LogP) is 4.61. The van der Waals surface area contributed by atoms with E-state index in [1.54, 1.807) is 6.26 Å². The molecule has 3 heteroatoms. The topological polar surface area (TPSA) is 51.2 Å². The van der Waals surface area contributed by atoms with Crippen molar-refractivity contribution in [1.29, 1.82) is 0 Å². The Hall–Kier alpha value is -1.90. The first-order valence-electron chi connectivity index (χ1n) is 7.63. The third-order valence-electron chi connectivity index (χ3n) is 3.66. The molecule has 0 bridgehead atoms. The van der Waals surface area contributed by atoms with Crippen LogP contribution >= 0.6 is 0 Å². The van der Waals surface area contributed by atoms with Crippen LogP contribution in [0.4, 0.5) is 11.4 Å². The first kappa shape index (κ1) is 15.5. The molecule has 0 aliphatic carbocycles. The smallest absolute Gasteiger partial charge is 0.108 e. The summed E-state index contributed by atoms with van der Waals surface area (Å²) in [6.45, 7) is 8.82. The Bertz CT molecular complexity index is 573. The molecule has 1 aromatic carbocycles. The fraction of sp³-hybridized carbons (Fsp3) is 0.444. The molecule has 0 amide bonds. The molecule has 0 aliphatic rings. The van der Waals surface area contributed by atoms with Crippen LogP contribution in [0.2, 0.25) is 0 Å². The molecular formula is C18H26N2O. The number of nitrogen functional groups attached to an aromatic ring is 1. The van der Waals surface area contributed by atoms with Gasteiger partial charge in [-0.1, -0.05) is 19.9 Å². The monoisotopic (exact) mass is 286 g/mol. The van der Waals surface area contributed by atoms with Gasteiger partial charge in [-0.3, -0.25) is 0 Å². The molecule has 1 atom stereocenters. The number of nitrogens with two attached hydrogens (primary N) is 1. The van der Waals surface area contributed by atoms with Crippen molar-refractivity contribution in [3.05, 3.63) is 47.4 Å². The van der Waals surface area contributed by atoms with Crippen LogP contribution in [0, 0.1) is 12.8 Å². The van der Waals surface area contributed by atoms with Crippen molar-refractivity contribution in [3.63, 3.8) is 0 Å². The number of furan rings is 1. The van der Waals surface area contributed by atoms with E-state index < -0.39 is 0 Å². The van der Waals surface area contributed by atoms with E-state index in [1.807, 2.05) is 18.2 Å². The highest BCUT2D eigenvalue weighted by Crippen LogP contribution is 2.26. The van der Waals surface area contributed by atoms with E-state index in [1.165, 1.54) is 5.56 Å². The Kier molecular flexibility index (Phi) is 4.94. The molecule has 3 nitrogen and oxygen atoms in total. The SMILES string of the molecule is Cc1cc(Cc2ccco2)c(N)cc1NC(C)CC(C)C. The number of anilines is 2. The summed E-state index contributed by atoms with van der Waals surface area (Å²) in [5, 5.41) is 3.56. The van der Waals surface area contributed by atoms with Crippen LogP contribution in [0.3, 0.4) is 0 Å². The molecule has 1 aromatic heterocycles.